The van der Waals surface area contributed by atoms with E-state index in [4.69, 9.17) is 23.7 Å². The lowest BCUT2D eigenvalue weighted by atomic mass is 9.96. The normalized spacial score (nSPS) is 22.3. The van der Waals surface area contributed by atoms with Crippen molar-refractivity contribution in [1.82, 2.24) is 0 Å². The molecule has 0 aliphatic carbocycles. The third-order valence-electron chi connectivity index (χ3n) is 6.03. The minimum atomic E-state index is -1.45. The summed E-state index contributed by atoms with van der Waals surface area (Å²) in [4.78, 5) is 51.3. The number of carbonyl (C=O) groups excluding carboxylic acids is 4. The number of rotatable bonds is 8. The molecule has 39 heavy (non-hydrogen) atoms. The lowest BCUT2D eigenvalue weighted by Gasteiger charge is -2.44. The zero-order valence-corrected chi connectivity index (χ0v) is 21.4. The van der Waals surface area contributed by atoms with Crippen molar-refractivity contribution in [3.8, 4) is 0 Å². The SMILES string of the molecule is CCC1OC(OC(C)=O)C(OC(=O)c2ccccc2)C(OC(=O)c2ccccc2)C1OC(=O)c1ccccc1. The Hall–Kier alpha value is -4.50. The Morgan fingerprint density at radius 3 is 1.36 bits per heavy atom. The highest BCUT2D eigenvalue weighted by Gasteiger charge is 2.53. The molecule has 0 radical (unpaired) electrons. The van der Waals surface area contributed by atoms with Gasteiger partial charge in [-0.15, -0.1) is 0 Å². The number of esters is 4. The molecule has 1 aliphatic rings. The molecule has 1 heterocycles. The van der Waals surface area contributed by atoms with Gasteiger partial charge in [-0.25, -0.2) is 14.4 Å². The summed E-state index contributed by atoms with van der Waals surface area (Å²) in [5, 5.41) is 0. The molecular weight excluding hydrogens is 504 g/mol. The minimum absolute atomic E-state index is 0.211. The van der Waals surface area contributed by atoms with Crippen molar-refractivity contribution in [2.45, 2.75) is 51.0 Å². The van der Waals surface area contributed by atoms with E-state index in [1.54, 1.807) is 97.9 Å². The Morgan fingerprint density at radius 2 is 0.974 bits per heavy atom. The van der Waals surface area contributed by atoms with Gasteiger partial charge in [-0.2, -0.15) is 0 Å². The Kier molecular flexibility index (Phi) is 9.06. The lowest BCUT2D eigenvalue weighted by Crippen LogP contribution is -2.62. The molecule has 202 valence electrons. The molecule has 0 amide bonds. The molecule has 4 rings (SSSR count). The number of hydrogen-bond donors (Lipinski definition) is 0. The van der Waals surface area contributed by atoms with Gasteiger partial charge in [-0.3, -0.25) is 4.79 Å². The second-order valence-corrected chi connectivity index (χ2v) is 8.77. The maximum atomic E-state index is 13.2. The van der Waals surface area contributed by atoms with Crippen molar-refractivity contribution in [1.29, 1.82) is 0 Å². The van der Waals surface area contributed by atoms with Crippen LogP contribution in [-0.4, -0.2) is 54.6 Å². The highest BCUT2D eigenvalue weighted by Crippen LogP contribution is 2.32. The third kappa shape index (κ3) is 6.88. The topological polar surface area (TPSA) is 114 Å². The van der Waals surface area contributed by atoms with E-state index >= 15 is 0 Å². The summed E-state index contributed by atoms with van der Waals surface area (Å²) in [5.74, 6) is -2.92. The predicted molar refractivity (Wildman–Crippen MR) is 138 cm³/mol. The second kappa shape index (κ2) is 12.8. The highest BCUT2D eigenvalue weighted by atomic mass is 16.7. The van der Waals surface area contributed by atoms with Crippen LogP contribution in [0.3, 0.4) is 0 Å². The van der Waals surface area contributed by atoms with E-state index in [2.05, 4.69) is 0 Å². The standard InChI is InChI=1S/C30H28O9/c1-3-23-24(37-27(32)20-13-7-4-8-14-20)25(38-28(33)21-15-9-5-10-16-21)26(30(36-23)35-19(2)31)39-29(34)22-17-11-6-12-18-22/h4-18,23-26,30H,3H2,1-2H3. The van der Waals surface area contributed by atoms with E-state index in [0.29, 0.717) is 6.42 Å². The molecule has 3 aromatic rings. The summed E-state index contributed by atoms with van der Waals surface area (Å²) in [6.45, 7) is 2.94. The van der Waals surface area contributed by atoms with Gasteiger partial charge >= 0.3 is 23.9 Å². The van der Waals surface area contributed by atoms with Gasteiger partial charge in [0.25, 0.3) is 0 Å². The van der Waals surface area contributed by atoms with Crippen LogP contribution in [0.2, 0.25) is 0 Å². The summed E-state index contributed by atoms with van der Waals surface area (Å²) in [5.41, 5.74) is 0.699. The molecule has 0 saturated carbocycles. The maximum absolute atomic E-state index is 13.2. The zero-order chi connectivity index (χ0) is 27.8. The average Bonchev–Trinajstić information content (AvgIpc) is 2.96. The molecule has 0 aromatic heterocycles. The van der Waals surface area contributed by atoms with E-state index < -0.39 is 54.6 Å². The number of benzene rings is 3. The molecule has 1 aliphatic heterocycles. The largest absolute Gasteiger partial charge is 0.452 e. The molecule has 0 spiro atoms. The molecule has 9 nitrogen and oxygen atoms in total. The van der Waals surface area contributed by atoms with Gasteiger partial charge in [0.1, 0.15) is 6.10 Å². The van der Waals surface area contributed by atoms with E-state index in [1.807, 2.05) is 0 Å². The van der Waals surface area contributed by atoms with Gasteiger partial charge < -0.3 is 23.7 Å². The predicted octanol–water partition coefficient (Wildman–Crippen LogP) is 4.36. The van der Waals surface area contributed by atoms with E-state index in [9.17, 15) is 19.2 Å². The van der Waals surface area contributed by atoms with E-state index in [0.717, 1.165) is 0 Å². The number of ether oxygens (including phenoxy) is 5. The van der Waals surface area contributed by atoms with Gasteiger partial charge in [0.15, 0.2) is 12.2 Å². The molecule has 0 N–H and O–H groups in total. The van der Waals surface area contributed by atoms with E-state index in [-0.39, 0.29) is 16.7 Å². The molecule has 1 saturated heterocycles. The fraction of sp³-hybridized carbons (Fsp3) is 0.267. The molecule has 5 atom stereocenters. The molecular formula is C30H28O9. The smallest absolute Gasteiger partial charge is 0.338 e. The van der Waals surface area contributed by atoms with Crippen LogP contribution in [0.4, 0.5) is 0 Å². The number of hydrogen-bond acceptors (Lipinski definition) is 9. The summed E-state index contributed by atoms with van der Waals surface area (Å²) in [6, 6.07) is 24.6. The van der Waals surface area contributed by atoms with Crippen LogP contribution in [0, 0.1) is 0 Å². The fourth-order valence-corrected chi connectivity index (χ4v) is 4.16. The minimum Gasteiger partial charge on any atom is -0.452 e. The van der Waals surface area contributed by atoms with Crippen LogP contribution in [-0.2, 0) is 28.5 Å². The first-order valence-electron chi connectivity index (χ1n) is 12.5. The number of carbonyl (C=O) groups is 4. The molecule has 9 heteroatoms. The Balaban J connectivity index is 1.73. The van der Waals surface area contributed by atoms with Crippen molar-refractivity contribution in [3.05, 3.63) is 108 Å². The quantitative estimate of drug-likeness (QED) is 0.308. The zero-order valence-electron chi connectivity index (χ0n) is 21.4. The van der Waals surface area contributed by atoms with Gasteiger partial charge in [0, 0.05) is 6.92 Å². The average molecular weight is 533 g/mol. The lowest BCUT2D eigenvalue weighted by molar-refractivity contribution is -0.285. The first-order chi connectivity index (χ1) is 18.9. The molecule has 0 bridgehead atoms. The van der Waals surface area contributed by atoms with Crippen molar-refractivity contribution < 1.29 is 42.9 Å². The van der Waals surface area contributed by atoms with Gasteiger partial charge in [0.05, 0.1) is 16.7 Å². The van der Waals surface area contributed by atoms with Crippen molar-refractivity contribution in [2.75, 3.05) is 0 Å². The van der Waals surface area contributed by atoms with Crippen molar-refractivity contribution in [2.24, 2.45) is 0 Å². The van der Waals surface area contributed by atoms with E-state index in [1.165, 1.54) is 6.92 Å². The van der Waals surface area contributed by atoms with Crippen molar-refractivity contribution in [3.63, 3.8) is 0 Å². The van der Waals surface area contributed by atoms with Crippen LogP contribution in [0.5, 0.6) is 0 Å². The highest BCUT2D eigenvalue weighted by molar-refractivity contribution is 5.91. The summed E-state index contributed by atoms with van der Waals surface area (Å²) >= 11 is 0. The second-order valence-electron chi connectivity index (χ2n) is 8.77. The first-order valence-corrected chi connectivity index (χ1v) is 12.5. The Bertz CT molecular complexity index is 1280. The summed E-state index contributed by atoms with van der Waals surface area (Å²) in [7, 11) is 0. The molecule has 5 unspecified atom stereocenters. The third-order valence-corrected chi connectivity index (χ3v) is 6.03. The van der Waals surface area contributed by atoms with Gasteiger partial charge in [-0.1, -0.05) is 61.5 Å². The Morgan fingerprint density at radius 1 is 0.590 bits per heavy atom. The first kappa shape index (κ1) is 27.5. The van der Waals surface area contributed by atoms with Crippen LogP contribution in [0.1, 0.15) is 51.3 Å². The summed E-state index contributed by atoms with van der Waals surface area (Å²) < 4.78 is 28.8. The van der Waals surface area contributed by atoms with Gasteiger partial charge in [0.2, 0.25) is 12.4 Å². The fourth-order valence-electron chi connectivity index (χ4n) is 4.16. The monoisotopic (exact) mass is 532 g/mol. The van der Waals surface area contributed by atoms with Crippen LogP contribution < -0.4 is 0 Å². The van der Waals surface area contributed by atoms with Gasteiger partial charge in [-0.05, 0) is 42.8 Å². The maximum Gasteiger partial charge on any atom is 0.338 e. The van der Waals surface area contributed by atoms with Crippen LogP contribution >= 0.6 is 0 Å². The van der Waals surface area contributed by atoms with Crippen LogP contribution in [0.25, 0.3) is 0 Å². The van der Waals surface area contributed by atoms with Crippen molar-refractivity contribution >= 4 is 23.9 Å². The molecule has 3 aromatic carbocycles. The molecule has 1 fully saturated rings. The van der Waals surface area contributed by atoms with Crippen LogP contribution in [0.15, 0.2) is 91.0 Å². The summed E-state index contributed by atoms with van der Waals surface area (Å²) in [6.07, 6.45) is -6.02. The Labute approximate surface area is 225 Å².